The van der Waals surface area contributed by atoms with Crippen LogP contribution < -0.4 is 42.3 Å². The zero-order chi connectivity index (χ0) is 26.5. The Hall–Kier alpha value is -4.13. The summed E-state index contributed by atoms with van der Waals surface area (Å²) < 4.78 is 10.4. The molecule has 5 rings (SSSR count). The minimum atomic E-state index is 0.130. The normalized spacial score (nSPS) is 19.2. The Balaban J connectivity index is 2.05. The third-order valence-corrected chi connectivity index (χ3v) is 6.07. The molecule has 0 saturated carbocycles. The predicted octanol–water partition coefficient (Wildman–Crippen LogP) is 0.394. The van der Waals surface area contributed by atoms with E-state index < -0.39 is 0 Å². The second kappa shape index (κ2) is 11.5. The largest absolute Gasteiger partial charge is 0.554 e. The summed E-state index contributed by atoms with van der Waals surface area (Å²) in [5, 5.41) is 5.51. The predicted molar refractivity (Wildman–Crippen MR) is 148 cm³/mol. The van der Waals surface area contributed by atoms with Gasteiger partial charge in [-0.05, 0) is 48.5 Å². The van der Waals surface area contributed by atoms with Gasteiger partial charge < -0.3 is 9.31 Å². The molecule has 1 aliphatic heterocycles. The molecule has 1 aliphatic rings. The van der Waals surface area contributed by atoms with Gasteiger partial charge >= 0.3 is 16.1 Å². The molecule has 38 heavy (non-hydrogen) atoms. The summed E-state index contributed by atoms with van der Waals surface area (Å²) in [6.45, 7) is 0. The molecule has 0 aromatic heterocycles. The van der Waals surface area contributed by atoms with E-state index in [-0.39, 0.29) is 11.8 Å². The highest BCUT2D eigenvalue weighted by atomic mass is 35.5. The van der Waals surface area contributed by atoms with Crippen molar-refractivity contribution in [3.05, 3.63) is 137 Å². The van der Waals surface area contributed by atoms with Gasteiger partial charge in [0.2, 0.25) is 11.8 Å². The van der Waals surface area contributed by atoms with Crippen molar-refractivity contribution in [1.82, 2.24) is 0 Å². The molecule has 6 nitrogen and oxygen atoms in total. The SMILES string of the molecule is [B]OC1=c2\cc(Cl)ccc2=NC=c2cccc\c2=N/C(O[B])=c2/cc(Cl)cc/c2=N\C=c2/cccc/c2=N/1. The van der Waals surface area contributed by atoms with Crippen LogP contribution in [0, 0.1) is 0 Å². The zero-order valence-electron chi connectivity index (χ0n) is 19.8. The van der Waals surface area contributed by atoms with Crippen LogP contribution in [0.25, 0.3) is 24.2 Å². The molecule has 0 unspecified atom stereocenters. The Morgan fingerprint density at radius 2 is 0.947 bits per heavy atom. The molecule has 4 aromatic carbocycles. The average Bonchev–Trinajstić information content (AvgIpc) is 2.94. The quantitative estimate of drug-likeness (QED) is 0.351. The van der Waals surface area contributed by atoms with E-state index in [1.807, 2.05) is 48.5 Å². The molecule has 1 heterocycles. The van der Waals surface area contributed by atoms with Crippen molar-refractivity contribution in [3.8, 4) is 0 Å². The van der Waals surface area contributed by atoms with E-state index in [0.29, 0.717) is 52.3 Å². The van der Waals surface area contributed by atoms with Gasteiger partial charge in [-0.1, -0.05) is 59.6 Å². The van der Waals surface area contributed by atoms with Crippen LogP contribution in [-0.4, -0.2) is 16.1 Å². The number of nitrogens with zero attached hydrogens (tertiary/aromatic N) is 4. The van der Waals surface area contributed by atoms with E-state index in [0.717, 1.165) is 0 Å². The minimum absolute atomic E-state index is 0.130. The van der Waals surface area contributed by atoms with Gasteiger partial charge in [0, 0.05) is 32.9 Å². The average molecular weight is 533 g/mol. The minimum Gasteiger partial charge on any atom is -0.554 e. The number of hydrogen-bond acceptors (Lipinski definition) is 6. The van der Waals surface area contributed by atoms with Gasteiger partial charge in [0.05, 0.1) is 31.9 Å². The number of benzene rings is 4. The summed E-state index contributed by atoms with van der Waals surface area (Å²) in [5.41, 5.74) is 0. The van der Waals surface area contributed by atoms with Crippen LogP contribution in [0.5, 0.6) is 0 Å². The van der Waals surface area contributed by atoms with Crippen molar-refractivity contribution >= 4 is 63.5 Å². The summed E-state index contributed by atoms with van der Waals surface area (Å²) in [4.78, 5) is 18.7. The summed E-state index contributed by atoms with van der Waals surface area (Å²) >= 11 is 12.6. The van der Waals surface area contributed by atoms with Crippen molar-refractivity contribution in [3.63, 3.8) is 0 Å². The third kappa shape index (κ3) is 5.57. The van der Waals surface area contributed by atoms with Crippen LogP contribution in [0.15, 0.2) is 105 Å². The number of hydrogen-bond donors (Lipinski definition) is 0. The molecule has 0 amide bonds. The highest BCUT2D eigenvalue weighted by Gasteiger charge is 2.03. The summed E-state index contributed by atoms with van der Waals surface area (Å²) in [6, 6.07) is 25.1. The van der Waals surface area contributed by atoms with Gasteiger partial charge in [-0.3, -0.25) is 9.98 Å². The highest BCUT2D eigenvalue weighted by molar-refractivity contribution is 6.30. The second-order valence-electron chi connectivity index (χ2n) is 8.03. The Kier molecular flexibility index (Phi) is 7.73. The van der Waals surface area contributed by atoms with E-state index >= 15 is 0 Å². The maximum Gasteiger partial charge on any atom is 0.376 e. The smallest absolute Gasteiger partial charge is 0.376 e. The molecule has 0 atom stereocenters. The molecule has 4 radical (unpaired) electrons. The number of fused-ring (bicyclic) bond motifs is 4. The van der Waals surface area contributed by atoms with E-state index in [1.165, 1.54) is 0 Å². The molecule has 0 bridgehead atoms. The number of para-hydroxylation sites is 2. The molecule has 180 valence electrons. The number of rotatable bonds is 2. The Labute approximate surface area is 229 Å². The molecule has 0 saturated heterocycles. The first-order valence-corrected chi connectivity index (χ1v) is 12.1. The van der Waals surface area contributed by atoms with Crippen molar-refractivity contribution in [2.24, 2.45) is 20.0 Å². The molecule has 0 N–H and O–H groups in total. The lowest BCUT2D eigenvalue weighted by Gasteiger charge is -2.03. The zero-order valence-corrected chi connectivity index (χ0v) is 21.3. The van der Waals surface area contributed by atoms with Gasteiger partial charge in [-0.15, -0.1) is 0 Å². The van der Waals surface area contributed by atoms with E-state index in [4.69, 9.17) is 48.6 Å². The maximum absolute atomic E-state index is 6.31. The van der Waals surface area contributed by atoms with E-state index in [2.05, 4.69) is 20.0 Å². The first kappa shape index (κ1) is 25.5. The van der Waals surface area contributed by atoms with Crippen LogP contribution in [0.2, 0.25) is 10.0 Å². The fourth-order valence-corrected chi connectivity index (χ4v) is 4.12. The van der Waals surface area contributed by atoms with Gasteiger partial charge in [0.15, 0.2) is 0 Å². The highest BCUT2D eigenvalue weighted by Crippen LogP contribution is 2.03. The van der Waals surface area contributed by atoms with Gasteiger partial charge in [0.25, 0.3) is 0 Å². The summed E-state index contributed by atoms with van der Waals surface area (Å²) in [6.07, 6.45) is 3.31. The van der Waals surface area contributed by atoms with Crippen molar-refractivity contribution in [2.45, 2.75) is 0 Å². The molecular formula is C28H16B2Cl2N4O2. The lowest BCUT2D eigenvalue weighted by atomic mass is 10.2. The molecule has 4 aromatic rings. The van der Waals surface area contributed by atoms with Gasteiger partial charge in [-0.25, -0.2) is 9.98 Å². The topological polar surface area (TPSA) is 67.9 Å². The maximum atomic E-state index is 6.31. The first-order chi connectivity index (χ1) is 18.6. The van der Waals surface area contributed by atoms with Crippen molar-refractivity contribution in [2.75, 3.05) is 0 Å². The first-order valence-electron chi connectivity index (χ1n) is 11.3. The fraction of sp³-hybridized carbons (Fsp3) is 0. The second-order valence-corrected chi connectivity index (χ2v) is 8.90. The van der Waals surface area contributed by atoms with Crippen LogP contribution >= 0.6 is 23.2 Å². The Morgan fingerprint density at radius 3 is 1.37 bits per heavy atom. The molecule has 0 aliphatic carbocycles. The Morgan fingerprint density at radius 1 is 0.526 bits per heavy atom. The molecular weight excluding hydrogens is 517 g/mol. The van der Waals surface area contributed by atoms with Crippen molar-refractivity contribution in [1.29, 1.82) is 0 Å². The standard InChI is InChI=1S/C28H16B2Cl2N4O2/c29-37-27-22-14-20(32)10-12-26(22)34-16-18-6-2-4-8-24(18)36-28(38-30)21-13-19(31)9-11-25(21)33-15-17-5-1-3-7-23(17)35-27/h1-16H/b17-15+,18-16?,27-22-,28-21+,33-15?,33-25+,34-16?,34-26?,35-23-,35-27?,36-24+,36-28?. The van der Waals surface area contributed by atoms with Crippen LogP contribution in [-0.2, 0) is 9.31 Å². The summed E-state index contributed by atoms with van der Waals surface area (Å²) in [7, 11) is 11.4. The molecule has 10 heteroatoms. The van der Waals surface area contributed by atoms with E-state index in [9.17, 15) is 0 Å². The summed E-state index contributed by atoms with van der Waals surface area (Å²) in [5.74, 6) is 0.259. The lowest BCUT2D eigenvalue weighted by molar-refractivity contribution is 0.548. The fourth-order valence-electron chi connectivity index (χ4n) is 3.78. The van der Waals surface area contributed by atoms with Gasteiger partial charge in [-0.2, -0.15) is 0 Å². The molecule has 0 fully saturated rings. The molecule has 0 spiro atoms. The Bertz CT molecular complexity index is 1900. The van der Waals surface area contributed by atoms with Gasteiger partial charge in [0.1, 0.15) is 0 Å². The van der Waals surface area contributed by atoms with Crippen LogP contribution in [0.4, 0.5) is 0 Å². The van der Waals surface area contributed by atoms with Crippen LogP contribution in [0.3, 0.4) is 0 Å². The number of halogens is 2. The lowest BCUT2D eigenvalue weighted by Crippen LogP contribution is -2.32. The van der Waals surface area contributed by atoms with Crippen molar-refractivity contribution < 1.29 is 9.31 Å². The third-order valence-electron chi connectivity index (χ3n) is 5.60. The van der Waals surface area contributed by atoms with Crippen LogP contribution in [0.1, 0.15) is 0 Å². The van der Waals surface area contributed by atoms with E-state index in [1.54, 1.807) is 48.8 Å². The monoisotopic (exact) mass is 532 g/mol.